The van der Waals surface area contributed by atoms with Crippen LogP contribution in [0.4, 0.5) is 0 Å². The van der Waals surface area contributed by atoms with Gasteiger partial charge < -0.3 is 4.42 Å². The highest BCUT2D eigenvalue weighted by atomic mass is 32.2. The van der Waals surface area contributed by atoms with Crippen LogP contribution in [-0.2, 0) is 12.3 Å². The van der Waals surface area contributed by atoms with E-state index < -0.39 is 0 Å². The molecule has 5 nitrogen and oxygen atoms in total. The van der Waals surface area contributed by atoms with Crippen molar-refractivity contribution < 1.29 is 4.42 Å². The van der Waals surface area contributed by atoms with Gasteiger partial charge in [-0.2, -0.15) is 0 Å². The predicted molar refractivity (Wildman–Crippen MR) is 86.4 cm³/mol. The van der Waals surface area contributed by atoms with E-state index >= 15 is 0 Å². The monoisotopic (exact) mass is 314 g/mol. The van der Waals surface area contributed by atoms with E-state index in [-0.39, 0.29) is 0 Å². The Morgan fingerprint density at radius 1 is 1.23 bits per heavy atom. The Balaban J connectivity index is 1.84. The Morgan fingerprint density at radius 2 is 2.14 bits per heavy atom. The van der Waals surface area contributed by atoms with Gasteiger partial charge in [0.1, 0.15) is 0 Å². The van der Waals surface area contributed by atoms with E-state index in [2.05, 4.69) is 39.7 Å². The first-order valence-electron chi connectivity index (χ1n) is 7.23. The summed E-state index contributed by atoms with van der Waals surface area (Å²) in [5, 5.41) is 9.55. The molecule has 0 saturated carbocycles. The van der Waals surface area contributed by atoms with Crippen molar-refractivity contribution in [2.45, 2.75) is 31.3 Å². The molecule has 0 N–H and O–H groups in total. The molecular weight excluding hydrogens is 296 g/mol. The van der Waals surface area contributed by atoms with Gasteiger partial charge in [0.2, 0.25) is 0 Å². The molecule has 0 atom stereocenters. The van der Waals surface area contributed by atoms with E-state index in [1.165, 1.54) is 5.56 Å². The van der Waals surface area contributed by atoms with Crippen molar-refractivity contribution in [3.05, 3.63) is 48.5 Å². The fraction of sp³-hybridized carbons (Fsp3) is 0.312. The van der Waals surface area contributed by atoms with E-state index in [0.29, 0.717) is 5.92 Å². The third-order valence-electron chi connectivity index (χ3n) is 3.10. The van der Waals surface area contributed by atoms with Gasteiger partial charge in [-0.25, -0.2) is 0 Å². The molecule has 0 unspecified atom stereocenters. The molecule has 0 bridgehead atoms. The fourth-order valence-corrected chi connectivity index (χ4v) is 3.03. The van der Waals surface area contributed by atoms with Crippen molar-refractivity contribution in [2.75, 3.05) is 0 Å². The van der Waals surface area contributed by atoms with Gasteiger partial charge in [-0.15, -0.1) is 10.2 Å². The average Bonchev–Trinajstić information content (AvgIpc) is 3.15. The van der Waals surface area contributed by atoms with Crippen molar-refractivity contribution in [1.82, 2.24) is 19.7 Å². The van der Waals surface area contributed by atoms with Crippen molar-refractivity contribution in [3.8, 4) is 11.6 Å². The quantitative estimate of drug-likeness (QED) is 0.646. The number of aromatic nitrogens is 4. The molecule has 3 aromatic heterocycles. The molecule has 0 aliphatic carbocycles. The number of furan rings is 1. The Labute approximate surface area is 133 Å². The van der Waals surface area contributed by atoms with Crippen molar-refractivity contribution in [1.29, 1.82) is 0 Å². The summed E-state index contributed by atoms with van der Waals surface area (Å²) in [6.45, 7) is 5.22. The van der Waals surface area contributed by atoms with Crippen LogP contribution < -0.4 is 0 Å². The van der Waals surface area contributed by atoms with E-state index in [0.717, 1.165) is 29.0 Å². The molecule has 0 fully saturated rings. The van der Waals surface area contributed by atoms with Gasteiger partial charge in [0.25, 0.3) is 0 Å². The maximum atomic E-state index is 5.48. The lowest BCUT2D eigenvalue weighted by Gasteiger charge is -2.11. The number of pyridine rings is 1. The lowest BCUT2D eigenvalue weighted by atomic mass is 10.2. The molecule has 0 radical (unpaired) electrons. The fourth-order valence-electron chi connectivity index (χ4n) is 2.14. The smallest absolute Gasteiger partial charge is 0.200 e. The SMILES string of the molecule is CC(C)Cn1c(SCc2cccnc2)nnc1-c1ccco1. The highest BCUT2D eigenvalue weighted by Crippen LogP contribution is 2.27. The third kappa shape index (κ3) is 3.39. The topological polar surface area (TPSA) is 56.7 Å². The number of hydrogen-bond acceptors (Lipinski definition) is 5. The van der Waals surface area contributed by atoms with Crippen LogP contribution in [0.2, 0.25) is 0 Å². The Morgan fingerprint density at radius 3 is 2.82 bits per heavy atom. The predicted octanol–water partition coefficient (Wildman–Crippen LogP) is 3.88. The molecule has 0 aliphatic heterocycles. The van der Waals surface area contributed by atoms with Crippen LogP contribution >= 0.6 is 11.8 Å². The Bertz CT molecular complexity index is 707. The number of rotatable bonds is 6. The minimum Gasteiger partial charge on any atom is -0.461 e. The zero-order valence-electron chi connectivity index (χ0n) is 12.6. The number of thioether (sulfide) groups is 1. The average molecular weight is 314 g/mol. The van der Waals surface area contributed by atoms with Crippen molar-refractivity contribution in [2.24, 2.45) is 5.92 Å². The summed E-state index contributed by atoms with van der Waals surface area (Å²) < 4.78 is 7.60. The zero-order chi connectivity index (χ0) is 15.4. The number of nitrogens with zero attached hydrogens (tertiary/aromatic N) is 4. The first-order valence-corrected chi connectivity index (χ1v) is 8.21. The molecular formula is C16H18N4OS. The van der Waals surface area contributed by atoms with Gasteiger partial charge in [0.05, 0.1) is 6.26 Å². The summed E-state index contributed by atoms with van der Waals surface area (Å²) in [5.41, 5.74) is 1.17. The van der Waals surface area contributed by atoms with E-state index in [9.17, 15) is 0 Å². The van der Waals surface area contributed by atoms with Gasteiger partial charge >= 0.3 is 0 Å². The lowest BCUT2D eigenvalue weighted by Crippen LogP contribution is -2.07. The second-order valence-corrected chi connectivity index (χ2v) is 6.38. The molecule has 3 aromatic rings. The highest BCUT2D eigenvalue weighted by Gasteiger charge is 2.17. The van der Waals surface area contributed by atoms with Crippen molar-refractivity contribution in [3.63, 3.8) is 0 Å². The maximum absolute atomic E-state index is 5.48. The summed E-state index contributed by atoms with van der Waals surface area (Å²) in [5.74, 6) is 2.86. The molecule has 3 heterocycles. The molecule has 3 rings (SSSR count). The van der Waals surface area contributed by atoms with Gasteiger partial charge in [-0.3, -0.25) is 9.55 Å². The molecule has 114 valence electrons. The molecule has 0 aromatic carbocycles. The van der Waals surface area contributed by atoms with Gasteiger partial charge in [0.15, 0.2) is 16.7 Å². The van der Waals surface area contributed by atoms with Crippen LogP contribution in [0.5, 0.6) is 0 Å². The second kappa shape index (κ2) is 6.79. The van der Waals surface area contributed by atoms with Crippen LogP contribution in [0.15, 0.2) is 52.5 Å². The van der Waals surface area contributed by atoms with Crippen LogP contribution in [0.3, 0.4) is 0 Å². The van der Waals surface area contributed by atoms with Crippen LogP contribution in [0, 0.1) is 5.92 Å². The van der Waals surface area contributed by atoms with E-state index in [4.69, 9.17) is 4.42 Å². The first-order chi connectivity index (χ1) is 10.7. The molecule has 0 spiro atoms. The third-order valence-corrected chi connectivity index (χ3v) is 4.13. The normalized spacial score (nSPS) is 11.2. The minimum atomic E-state index is 0.502. The Kier molecular flexibility index (Phi) is 4.58. The molecule has 6 heteroatoms. The molecule has 0 aliphatic rings. The molecule has 0 saturated heterocycles. The summed E-state index contributed by atoms with van der Waals surface area (Å²) in [6, 6.07) is 7.79. The van der Waals surface area contributed by atoms with E-state index in [1.54, 1.807) is 24.2 Å². The summed E-state index contributed by atoms with van der Waals surface area (Å²) >= 11 is 1.67. The lowest BCUT2D eigenvalue weighted by molar-refractivity contribution is 0.489. The number of hydrogen-bond donors (Lipinski definition) is 0. The summed E-state index contributed by atoms with van der Waals surface area (Å²) in [6.07, 6.45) is 5.32. The second-order valence-electron chi connectivity index (χ2n) is 5.44. The van der Waals surface area contributed by atoms with E-state index in [1.807, 2.05) is 24.4 Å². The molecule has 22 heavy (non-hydrogen) atoms. The Hall–Kier alpha value is -2.08. The minimum absolute atomic E-state index is 0.502. The first kappa shape index (κ1) is 14.8. The van der Waals surface area contributed by atoms with Crippen LogP contribution in [0.1, 0.15) is 19.4 Å². The van der Waals surface area contributed by atoms with Crippen molar-refractivity contribution >= 4 is 11.8 Å². The largest absolute Gasteiger partial charge is 0.461 e. The van der Waals surface area contributed by atoms with Gasteiger partial charge in [-0.1, -0.05) is 31.7 Å². The zero-order valence-corrected chi connectivity index (χ0v) is 13.5. The standard InChI is InChI=1S/C16H18N4OS/c1-12(2)10-20-15(14-6-4-8-21-14)18-19-16(20)22-11-13-5-3-7-17-9-13/h3-9,12H,10-11H2,1-2H3. The van der Waals surface area contributed by atoms with Gasteiger partial charge in [-0.05, 0) is 29.7 Å². The summed E-state index contributed by atoms with van der Waals surface area (Å²) in [7, 11) is 0. The van der Waals surface area contributed by atoms with Crippen LogP contribution in [-0.4, -0.2) is 19.7 Å². The highest BCUT2D eigenvalue weighted by molar-refractivity contribution is 7.98. The molecule has 0 amide bonds. The summed E-state index contributed by atoms with van der Waals surface area (Å²) in [4.78, 5) is 4.14. The van der Waals surface area contributed by atoms with Crippen LogP contribution in [0.25, 0.3) is 11.6 Å². The maximum Gasteiger partial charge on any atom is 0.200 e. The van der Waals surface area contributed by atoms with Gasteiger partial charge in [0, 0.05) is 24.7 Å².